The van der Waals surface area contributed by atoms with Crippen molar-refractivity contribution in [2.45, 2.75) is 13.8 Å². The quantitative estimate of drug-likeness (QED) is 0.750. The Morgan fingerprint density at radius 1 is 1.04 bits per heavy atom. The molecule has 0 aliphatic carbocycles. The molecule has 0 aliphatic heterocycles. The van der Waals surface area contributed by atoms with Gasteiger partial charge in [0.05, 0.1) is 5.69 Å². The van der Waals surface area contributed by atoms with E-state index in [9.17, 15) is 0 Å². The van der Waals surface area contributed by atoms with Gasteiger partial charge in [0.1, 0.15) is 5.82 Å². The minimum absolute atomic E-state index is 0. The predicted octanol–water partition coefficient (Wildman–Crippen LogP) is 4.31. The third-order valence-electron chi connectivity index (χ3n) is 3.84. The Labute approximate surface area is 143 Å². The second-order valence-electron chi connectivity index (χ2n) is 5.61. The van der Waals surface area contributed by atoms with Crippen molar-refractivity contribution >= 4 is 29.0 Å². The zero-order chi connectivity index (χ0) is 15.5. The van der Waals surface area contributed by atoms with Crippen molar-refractivity contribution in [3.63, 3.8) is 0 Å². The summed E-state index contributed by atoms with van der Waals surface area (Å²) in [5.74, 6) is 0.904. The molecule has 0 unspecified atom stereocenters. The number of nitrogens with two attached hydrogens (primary N) is 1. The van der Waals surface area contributed by atoms with Gasteiger partial charge in [-0.1, -0.05) is 48.0 Å². The molecule has 0 radical (unpaired) electrons. The lowest BCUT2D eigenvalue weighted by Gasteiger charge is -2.13. The molecule has 0 atom stereocenters. The van der Waals surface area contributed by atoms with Crippen LogP contribution in [0.15, 0.2) is 48.5 Å². The molecule has 3 rings (SSSR count). The molecule has 3 nitrogen and oxygen atoms in total. The van der Waals surface area contributed by atoms with E-state index in [-0.39, 0.29) is 12.4 Å². The van der Waals surface area contributed by atoms with Crippen LogP contribution < -0.4 is 11.1 Å². The summed E-state index contributed by atoms with van der Waals surface area (Å²) in [6.45, 7) is 5.53. The van der Waals surface area contributed by atoms with Gasteiger partial charge < -0.3 is 11.1 Å². The van der Waals surface area contributed by atoms with Crippen LogP contribution >= 0.6 is 12.4 Å². The molecular formula is C19H22ClN3. The lowest BCUT2D eigenvalue weighted by Crippen LogP contribution is -2.14. The largest absolute Gasteiger partial charge is 0.368 e. The van der Waals surface area contributed by atoms with E-state index >= 15 is 0 Å². The van der Waals surface area contributed by atoms with Crippen LogP contribution in [0.2, 0.25) is 0 Å². The van der Waals surface area contributed by atoms with Crippen molar-refractivity contribution in [2.24, 2.45) is 5.73 Å². The number of aromatic nitrogens is 1. The van der Waals surface area contributed by atoms with Crippen LogP contribution in [-0.4, -0.2) is 18.1 Å². The maximum Gasteiger partial charge on any atom is 0.134 e. The number of aryl methyl sites for hydroxylation is 2. The van der Waals surface area contributed by atoms with E-state index in [0.29, 0.717) is 13.1 Å². The van der Waals surface area contributed by atoms with Gasteiger partial charge >= 0.3 is 0 Å². The Kier molecular flexibility index (Phi) is 5.59. The SMILES string of the molecule is Cc1ccc2c(NCCN)nc(-c3ccccc3C)cc2c1.Cl. The molecule has 0 bridgehead atoms. The molecule has 0 fully saturated rings. The summed E-state index contributed by atoms with van der Waals surface area (Å²) >= 11 is 0. The number of halogens is 1. The maximum absolute atomic E-state index is 5.63. The number of benzene rings is 2. The molecule has 4 heteroatoms. The standard InChI is InChI=1S/C19H21N3.ClH/c1-13-7-8-17-15(11-13)12-18(22-19(17)21-10-9-20)16-6-4-3-5-14(16)2;/h3-8,11-12H,9-10,20H2,1-2H3,(H,21,22);1H. The number of hydrogen-bond donors (Lipinski definition) is 2. The van der Waals surface area contributed by atoms with Crippen LogP contribution in [0.5, 0.6) is 0 Å². The molecule has 0 aliphatic rings. The van der Waals surface area contributed by atoms with Gasteiger partial charge in [-0.15, -0.1) is 12.4 Å². The molecule has 0 amide bonds. The average molecular weight is 328 g/mol. The third kappa shape index (κ3) is 3.63. The summed E-state index contributed by atoms with van der Waals surface area (Å²) in [4.78, 5) is 4.83. The summed E-state index contributed by atoms with van der Waals surface area (Å²) in [5.41, 5.74) is 10.3. The first-order valence-corrected chi connectivity index (χ1v) is 7.60. The normalized spacial score (nSPS) is 10.4. The van der Waals surface area contributed by atoms with E-state index in [2.05, 4.69) is 67.7 Å². The lowest BCUT2D eigenvalue weighted by molar-refractivity contribution is 1.02. The summed E-state index contributed by atoms with van der Waals surface area (Å²) in [6.07, 6.45) is 0. The Bertz CT molecular complexity index is 815. The van der Waals surface area contributed by atoms with E-state index in [1.165, 1.54) is 22.1 Å². The topological polar surface area (TPSA) is 50.9 Å². The van der Waals surface area contributed by atoms with Gasteiger partial charge in [0, 0.05) is 24.0 Å². The molecule has 23 heavy (non-hydrogen) atoms. The van der Waals surface area contributed by atoms with Gasteiger partial charge in [0.2, 0.25) is 0 Å². The Hall–Kier alpha value is -2.10. The summed E-state index contributed by atoms with van der Waals surface area (Å²) < 4.78 is 0. The highest BCUT2D eigenvalue weighted by Crippen LogP contribution is 2.29. The van der Waals surface area contributed by atoms with Crippen LogP contribution in [0.4, 0.5) is 5.82 Å². The van der Waals surface area contributed by atoms with E-state index < -0.39 is 0 Å². The number of anilines is 1. The lowest BCUT2D eigenvalue weighted by atomic mass is 10.0. The van der Waals surface area contributed by atoms with Crippen LogP contribution in [0, 0.1) is 13.8 Å². The molecule has 0 saturated carbocycles. The van der Waals surface area contributed by atoms with Crippen LogP contribution in [0.3, 0.4) is 0 Å². The molecular weight excluding hydrogens is 306 g/mol. The zero-order valence-electron chi connectivity index (χ0n) is 13.5. The fourth-order valence-corrected chi connectivity index (χ4v) is 2.70. The van der Waals surface area contributed by atoms with Crippen molar-refractivity contribution in [3.05, 3.63) is 59.7 Å². The minimum Gasteiger partial charge on any atom is -0.368 e. The van der Waals surface area contributed by atoms with Gasteiger partial charge in [-0.25, -0.2) is 4.98 Å². The summed E-state index contributed by atoms with van der Waals surface area (Å²) in [7, 11) is 0. The van der Waals surface area contributed by atoms with Crippen LogP contribution in [0.25, 0.3) is 22.0 Å². The highest BCUT2D eigenvalue weighted by atomic mass is 35.5. The third-order valence-corrected chi connectivity index (χ3v) is 3.84. The van der Waals surface area contributed by atoms with Gasteiger partial charge in [0.15, 0.2) is 0 Å². The molecule has 3 aromatic rings. The molecule has 0 saturated heterocycles. The molecule has 2 aromatic carbocycles. The van der Waals surface area contributed by atoms with Crippen molar-refractivity contribution in [1.29, 1.82) is 0 Å². The number of fused-ring (bicyclic) bond motifs is 1. The predicted molar refractivity (Wildman–Crippen MR) is 101 cm³/mol. The van der Waals surface area contributed by atoms with E-state index in [0.717, 1.165) is 16.9 Å². The number of nitrogens with zero attached hydrogens (tertiary/aromatic N) is 1. The average Bonchev–Trinajstić information content (AvgIpc) is 2.52. The number of hydrogen-bond acceptors (Lipinski definition) is 3. The molecule has 1 aromatic heterocycles. The molecule has 3 N–H and O–H groups in total. The van der Waals surface area contributed by atoms with E-state index in [1.807, 2.05) is 0 Å². The van der Waals surface area contributed by atoms with Gasteiger partial charge in [-0.2, -0.15) is 0 Å². The zero-order valence-corrected chi connectivity index (χ0v) is 14.3. The van der Waals surface area contributed by atoms with Crippen molar-refractivity contribution in [2.75, 3.05) is 18.4 Å². The fraction of sp³-hybridized carbons (Fsp3) is 0.211. The fourth-order valence-electron chi connectivity index (χ4n) is 2.70. The second-order valence-corrected chi connectivity index (χ2v) is 5.61. The highest BCUT2D eigenvalue weighted by molar-refractivity contribution is 5.95. The maximum atomic E-state index is 5.63. The Morgan fingerprint density at radius 2 is 1.83 bits per heavy atom. The Morgan fingerprint density at radius 3 is 2.57 bits per heavy atom. The molecule has 120 valence electrons. The van der Waals surface area contributed by atoms with Gasteiger partial charge in [0.25, 0.3) is 0 Å². The first kappa shape index (κ1) is 17.3. The van der Waals surface area contributed by atoms with Gasteiger partial charge in [-0.05, 0) is 30.9 Å². The van der Waals surface area contributed by atoms with E-state index in [1.54, 1.807) is 0 Å². The van der Waals surface area contributed by atoms with Crippen molar-refractivity contribution in [3.8, 4) is 11.3 Å². The van der Waals surface area contributed by atoms with Crippen molar-refractivity contribution < 1.29 is 0 Å². The summed E-state index contributed by atoms with van der Waals surface area (Å²) in [5, 5.41) is 5.69. The summed E-state index contributed by atoms with van der Waals surface area (Å²) in [6, 6.07) is 16.9. The highest BCUT2D eigenvalue weighted by Gasteiger charge is 2.09. The number of rotatable bonds is 4. The van der Waals surface area contributed by atoms with Gasteiger partial charge in [-0.3, -0.25) is 0 Å². The first-order valence-electron chi connectivity index (χ1n) is 7.60. The van der Waals surface area contributed by atoms with Crippen LogP contribution in [0.1, 0.15) is 11.1 Å². The number of nitrogens with one attached hydrogen (secondary N) is 1. The monoisotopic (exact) mass is 327 g/mol. The van der Waals surface area contributed by atoms with Crippen molar-refractivity contribution in [1.82, 2.24) is 4.98 Å². The smallest absolute Gasteiger partial charge is 0.134 e. The number of pyridine rings is 1. The molecule has 1 heterocycles. The molecule has 0 spiro atoms. The van der Waals surface area contributed by atoms with E-state index in [4.69, 9.17) is 10.7 Å². The minimum atomic E-state index is 0. The van der Waals surface area contributed by atoms with Crippen LogP contribution in [-0.2, 0) is 0 Å². The second kappa shape index (κ2) is 7.44. The Balaban J connectivity index is 0.00000192. The first-order chi connectivity index (χ1) is 10.7.